The molecule has 0 amide bonds. The molecule has 4 heteroatoms. The van der Waals surface area contributed by atoms with Crippen LogP contribution in [-0.4, -0.2) is 9.97 Å². The second kappa shape index (κ2) is 9.10. The lowest BCUT2D eigenvalue weighted by Gasteiger charge is -2.09. The van der Waals surface area contributed by atoms with E-state index >= 15 is 0 Å². The largest absolute Gasteiger partial charge is 0.456 e. The zero-order chi connectivity index (χ0) is 27.6. The second-order valence-electron chi connectivity index (χ2n) is 10.6. The molecule has 3 aromatic heterocycles. The van der Waals surface area contributed by atoms with Gasteiger partial charge in [0.1, 0.15) is 11.2 Å². The number of rotatable bonds is 3. The number of hydrogen-bond acceptors (Lipinski definition) is 4. The van der Waals surface area contributed by atoms with Crippen LogP contribution in [0.3, 0.4) is 0 Å². The van der Waals surface area contributed by atoms with Gasteiger partial charge in [-0.1, -0.05) is 103 Å². The third kappa shape index (κ3) is 3.59. The minimum absolute atomic E-state index is 0.703. The maximum absolute atomic E-state index is 6.43. The summed E-state index contributed by atoms with van der Waals surface area (Å²) in [4.78, 5) is 10.5. The lowest BCUT2D eigenvalue weighted by atomic mass is 10.0. The smallest absolute Gasteiger partial charge is 0.161 e. The lowest BCUT2D eigenvalue weighted by Crippen LogP contribution is -1.94. The Bertz CT molecular complexity index is 2470. The van der Waals surface area contributed by atoms with Crippen LogP contribution >= 0.6 is 11.3 Å². The highest BCUT2D eigenvalue weighted by Gasteiger charge is 2.20. The van der Waals surface area contributed by atoms with E-state index in [0.717, 1.165) is 59.9 Å². The molecule has 0 fully saturated rings. The van der Waals surface area contributed by atoms with E-state index in [9.17, 15) is 0 Å². The Balaban J connectivity index is 1.32. The molecule has 0 saturated carbocycles. The highest BCUT2D eigenvalue weighted by molar-refractivity contribution is 7.26. The molecule has 0 radical (unpaired) electrons. The molecule has 0 spiro atoms. The van der Waals surface area contributed by atoms with E-state index in [1.54, 1.807) is 11.3 Å². The van der Waals surface area contributed by atoms with Gasteiger partial charge in [-0.05, 0) is 52.2 Å². The molecule has 9 aromatic rings. The maximum Gasteiger partial charge on any atom is 0.161 e. The molecule has 0 aliphatic rings. The van der Waals surface area contributed by atoms with E-state index in [-0.39, 0.29) is 0 Å². The van der Waals surface area contributed by atoms with Crippen LogP contribution in [0.1, 0.15) is 0 Å². The van der Waals surface area contributed by atoms with E-state index in [2.05, 4.69) is 115 Å². The lowest BCUT2D eigenvalue weighted by molar-refractivity contribution is 0.669. The quantitative estimate of drug-likeness (QED) is 0.218. The van der Waals surface area contributed by atoms with Gasteiger partial charge in [0.2, 0.25) is 0 Å². The predicted octanol–water partition coefficient (Wildman–Crippen LogP) is 10.9. The number of fused-ring (bicyclic) bond motifs is 7. The number of aromatic nitrogens is 2. The highest BCUT2D eigenvalue weighted by Crippen LogP contribution is 2.42. The Morgan fingerprint density at radius 3 is 2.26 bits per heavy atom. The standard InChI is InChI=1S/C38H22N2OS/c1-2-9-23(10-3-1)26-19-20-28-32(22-26)41-31-15-8-14-30(34(28)31)38-39-35(27-18-17-24-11-4-5-12-25(24)21-27)37-36(40-38)29-13-6-7-16-33(29)42-37/h1-22H. The van der Waals surface area contributed by atoms with Gasteiger partial charge in [0, 0.05) is 32.0 Å². The summed E-state index contributed by atoms with van der Waals surface area (Å²) in [6.07, 6.45) is 0. The van der Waals surface area contributed by atoms with Gasteiger partial charge in [0.15, 0.2) is 5.82 Å². The van der Waals surface area contributed by atoms with Crippen molar-refractivity contribution < 1.29 is 4.42 Å². The monoisotopic (exact) mass is 554 g/mol. The molecule has 0 unspecified atom stereocenters. The topological polar surface area (TPSA) is 38.9 Å². The Morgan fingerprint density at radius 2 is 1.33 bits per heavy atom. The van der Waals surface area contributed by atoms with Gasteiger partial charge < -0.3 is 4.42 Å². The molecule has 3 heterocycles. The molecule has 196 valence electrons. The molecule has 3 nitrogen and oxygen atoms in total. The minimum atomic E-state index is 0.703. The Morgan fingerprint density at radius 1 is 0.524 bits per heavy atom. The third-order valence-electron chi connectivity index (χ3n) is 8.09. The number of nitrogens with zero attached hydrogens (tertiary/aromatic N) is 2. The number of furan rings is 1. The van der Waals surface area contributed by atoms with Gasteiger partial charge >= 0.3 is 0 Å². The summed E-state index contributed by atoms with van der Waals surface area (Å²) < 4.78 is 8.74. The fraction of sp³-hybridized carbons (Fsp3) is 0. The normalized spacial score (nSPS) is 11.8. The van der Waals surface area contributed by atoms with Gasteiger partial charge in [0.25, 0.3) is 0 Å². The fourth-order valence-corrected chi connectivity index (χ4v) is 7.22. The Labute approximate surface area is 245 Å². The zero-order valence-corrected chi connectivity index (χ0v) is 23.2. The van der Waals surface area contributed by atoms with Crippen LogP contribution in [0.2, 0.25) is 0 Å². The van der Waals surface area contributed by atoms with Crippen molar-refractivity contribution in [3.05, 3.63) is 133 Å². The van der Waals surface area contributed by atoms with Gasteiger partial charge in [-0.3, -0.25) is 0 Å². The fourth-order valence-electron chi connectivity index (χ4n) is 6.07. The Kier molecular flexibility index (Phi) is 5.07. The van der Waals surface area contributed by atoms with Crippen LogP contribution in [-0.2, 0) is 0 Å². The first kappa shape index (κ1) is 23.4. The summed E-state index contributed by atoms with van der Waals surface area (Å²) in [5.74, 6) is 0.703. The predicted molar refractivity (Wildman–Crippen MR) is 176 cm³/mol. The minimum Gasteiger partial charge on any atom is -0.456 e. The second-order valence-corrected chi connectivity index (χ2v) is 11.6. The van der Waals surface area contributed by atoms with Crippen molar-refractivity contribution in [2.24, 2.45) is 0 Å². The molecular weight excluding hydrogens is 532 g/mol. The van der Waals surface area contributed by atoms with Gasteiger partial charge in [-0.2, -0.15) is 0 Å². The first-order chi connectivity index (χ1) is 20.8. The van der Waals surface area contributed by atoms with E-state index in [0.29, 0.717) is 5.82 Å². The van der Waals surface area contributed by atoms with Crippen molar-refractivity contribution in [1.29, 1.82) is 0 Å². The van der Waals surface area contributed by atoms with Crippen molar-refractivity contribution in [2.45, 2.75) is 0 Å². The molecule has 0 atom stereocenters. The average molecular weight is 555 g/mol. The van der Waals surface area contributed by atoms with Gasteiger partial charge in [0.05, 0.1) is 15.9 Å². The third-order valence-corrected chi connectivity index (χ3v) is 9.25. The van der Waals surface area contributed by atoms with Gasteiger partial charge in [-0.15, -0.1) is 11.3 Å². The summed E-state index contributed by atoms with van der Waals surface area (Å²) in [6.45, 7) is 0. The van der Waals surface area contributed by atoms with Crippen molar-refractivity contribution in [3.8, 4) is 33.8 Å². The molecule has 42 heavy (non-hydrogen) atoms. The Hall–Kier alpha value is -5.32. The summed E-state index contributed by atoms with van der Waals surface area (Å²) in [5, 5.41) is 5.66. The molecule has 9 rings (SSSR count). The molecular formula is C38H22N2OS. The van der Waals surface area contributed by atoms with Crippen molar-refractivity contribution in [3.63, 3.8) is 0 Å². The van der Waals surface area contributed by atoms with E-state index in [1.807, 2.05) is 18.2 Å². The molecule has 0 aliphatic carbocycles. The van der Waals surface area contributed by atoms with Crippen LogP contribution in [0, 0.1) is 0 Å². The molecule has 0 bridgehead atoms. The van der Waals surface area contributed by atoms with Gasteiger partial charge in [-0.25, -0.2) is 9.97 Å². The first-order valence-electron chi connectivity index (χ1n) is 14.0. The first-order valence-corrected chi connectivity index (χ1v) is 14.8. The number of thiophene rings is 1. The molecule has 6 aromatic carbocycles. The summed E-state index contributed by atoms with van der Waals surface area (Å²) in [6, 6.07) is 46.6. The van der Waals surface area contributed by atoms with Crippen LogP contribution < -0.4 is 0 Å². The SMILES string of the molecule is c1ccc(-c2ccc3c(c2)oc2cccc(-c4nc(-c5ccc6ccccc6c5)c5sc6ccccc6c5n4)c23)cc1. The summed E-state index contributed by atoms with van der Waals surface area (Å²) in [5.41, 5.74) is 7.99. The summed E-state index contributed by atoms with van der Waals surface area (Å²) >= 11 is 1.76. The maximum atomic E-state index is 6.43. The number of benzene rings is 6. The molecule has 0 aliphatic heterocycles. The van der Waals surface area contributed by atoms with Crippen LogP contribution in [0.25, 0.3) is 86.8 Å². The molecule has 0 saturated heterocycles. The van der Waals surface area contributed by atoms with Crippen LogP contribution in [0.5, 0.6) is 0 Å². The van der Waals surface area contributed by atoms with Crippen LogP contribution in [0.15, 0.2) is 138 Å². The highest BCUT2D eigenvalue weighted by atomic mass is 32.1. The van der Waals surface area contributed by atoms with Crippen molar-refractivity contribution >= 4 is 64.4 Å². The van der Waals surface area contributed by atoms with Crippen molar-refractivity contribution in [2.75, 3.05) is 0 Å². The van der Waals surface area contributed by atoms with Crippen LogP contribution in [0.4, 0.5) is 0 Å². The molecule has 0 N–H and O–H groups in total. The number of hydrogen-bond donors (Lipinski definition) is 0. The van der Waals surface area contributed by atoms with E-state index in [1.165, 1.54) is 21.0 Å². The zero-order valence-electron chi connectivity index (χ0n) is 22.4. The van der Waals surface area contributed by atoms with Crippen molar-refractivity contribution in [1.82, 2.24) is 9.97 Å². The average Bonchev–Trinajstić information content (AvgIpc) is 3.62. The summed E-state index contributed by atoms with van der Waals surface area (Å²) in [7, 11) is 0. The van der Waals surface area contributed by atoms with E-state index < -0.39 is 0 Å². The van der Waals surface area contributed by atoms with E-state index in [4.69, 9.17) is 14.4 Å².